The molecule has 1 aliphatic rings. The third-order valence-electron chi connectivity index (χ3n) is 5.36. The molecule has 0 aliphatic carbocycles. The fourth-order valence-corrected chi connectivity index (χ4v) is 4.94. The predicted molar refractivity (Wildman–Crippen MR) is 114 cm³/mol. The second-order valence-corrected chi connectivity index (χ2v) is 10.7. The minimum atomic E-state index is -3.25. The average Bonchev–Trinajstić information content (AvgIpc) is 2.67. The molecular formula is C20H23F3N4O3S. The summed E-state index contributed by atoms with van der Waals surface area (Å²) in [6.45, 7) is 4.64. The van der Waals surface area contributed by atoms with Crippen LogP contribution < -0.4 is 11.1 Å². The summed E-state index contributed by atoms with van der Waals surface area (Å²) in [5.41, 5.74) is 4.40. The van der Waals surface area contributed by atoms with Gasteiger partial charge in [-0.1, -0.05) is 0 Å². The molecule has 7 nitrogen and oxygen atoms in total. The van der Waals surface area contributed by atoms with Crippen LogP contribution in [-0.4, -0.2) is 36.3 Å². The molecule has 31 heavy (non-hydrogen) atoms. The number of aromatic nitrogens is 1. The number of benzene rings is 1. The van der Waals surface area contributed by atoms with Crippen LogP contribution in [0.15, 0.2) is 41.5 Å². The lowest BCUT2D eigenvalue weighted by Crippen LogP contribution is -2.52. The van der Waals surface area contributed by atoms with Crippen molar-refractivity contribution < 1.29 is 27.1 Å². The summed E-state index contributed by atoms with van der Waals surface area (Å²) in [4.78, 5) is 20.5. The van der Waals surface area contributed by atoms with E-state index in [1.54, 1.807) is 13.8 Å². The molecule has 1 aromatic carbocycles. The SMILES string of the molecule is CC1(C)C(N)=N[C@](C)(c2cc(NC(=O)c3ccc(C(F)F)cn3)ccc2F)CS1(O)O. The molecule has 2 aromatic rings. The highest BCUT2D eigenvalue weighted by atomic mass is 32.3. The van der Waals surface area contributed by atoms with Gasteiger partial charge in [0.1, 0.15) is 27.6 Å². The van der Waals surface area contributed by atoms with Crippen LogP contribution in [0.3, 0.4) is 0 Å². The molecule has 0 saturated heterocycles. The van der Waals surface area contributed by atoms with Crippen LogP contribution in [0.25, 0.3) is 0 Å². The molecule has 0 fully saturated rings. The van der Waals surface area contributed by atoms with Gasteiger partial charge in [0.15, 0.2) is 0 Å². The van der Waals surface area contributed by atoms with Gasteiger partial charge in [0, 0.05) is 23.0 Å². The second-order valence-electron chi connectivity index (χ2n) is 8.02. The van der Waals surface area contributed by atoms with Crippen LogP contribution in [0.5, 0.6) is 0 Å². The van der Waals surface area contributed by atoms with Crippen molar-refractivity contribution in [1.29, 1.82) is 0 Å². The van der Waals surface area contributed by atoms with Gasteiger partial charge in [0.2, 0.25) is 0 Å². The first-order chi connectivity index (χ1) is 14.3. The lowest BCUT2D eigenvalue weighted by Gasteiger charge is -2.53. The van der Waals surface area contributed by atoms with E-state index in [9.17, 15) is 27.1 Å². The Morgan fingerprint density at radius 1 is 1.23 bits per heavy atom. The Hall–Kier alpha value is -2.63. The van der Waals surface area contributed by atoms with Crippen molar-refractivity contribution in [2.75, 3.05) is 11.1 Å². The molecule has 0 radical (unpaired) electrons. The third-order valence-corrected chi connectivity index (χ3v) is 8.17. The van der Waals surface area contributed by atoms with Gasteiger partial charge in [-0.15, -0.1) is 0 Å². The number of anilines is 1. The first-order valence-corrected chi connectivity index (χ1v) is 11.0. The fourth-order valence-electron chi connectivity index (χ4n) is 3.19. The number of nitrogens with one attached hydrogen (secondary N) is 1. The number of amidine groups is 1. The Morgan fingerprint density at radius 2 is 1.90 bits per heavy atom. The normalized spacial score (nSPS) is 23.2. The highest BCUT2D eigenvalue weighted by molar-refractivity contribution is 8.26. The third kappa shape index (κ3) is 4.25. The first-order valence-electron chi connectivity index (χ1n) is 9.23. The summed E-state index contributed by atoms with van der Waals surface area (Å²) in [6, 6.07) is 6.00. The number of pyridine rings is 1. The number of hydrogen-bond donors (Lipinski definition) is 4. The quantitative estimate of drug-likeness (QED) is 0.539. The zero-order valence-electron chi connectivity index (χ0n) is 17.1. The summed E-state index contributed by atoms with van der Waals surface area (Å²) >= 11 is 0. The Labute approximate surface area is 178 Å². The minimum absolute atomic E-state index is 0.0154. The summed E-state index contributed by atoms with van der Waals surface area (Å²) in [7, 11) is -3.25. The molecule has 3 rings (SSSR count). The maximum atomic E-state index is 14.7. The maximum Gasteiger partial charge on any atom is 0.274 e. The Morgan fingerprint density at radius 3 is 2.45 bits per heavy atom. The molecule has 0 bridgehead atoms. The monoisotopic (exact) mass is 456 g/mol. The molecule has 168 valence electrons. The number of carbonyl (C=O) groups is 1. The van der Waals surface area contributed by atoms with E-state index in [4.69, 9.17) is 5.73 Å². The predicted octanol–water partition coefficient (Wildman–Crippen LogP) is 4.53. The molecule has 2 heterocycles. The number of halogens is 3. The highest BCUT2D eigenvalue weighted by Gasteiger charge is 2.49. The number of alkyl halides is 2. The van der Waals surface area contributed by atoms with Crippen molar-refractivity contribution >= 4 is 28.0 Å². The zero-order chi connectivity index (χ0) is 23.2. The van der Waals surface area contributed by atoms with Gasteiger partial charge in [0.25, 0.3) is 12.3 Å². The fraction of sp³-hybridized carbons (Fsp3) is 0.350. The Kier molecular flexibility index (Phi) is 5.80. The first kappa shape index (κ1) is 23.0. The van der Waals surface area contributed by atoms with E-state index in [1.165, 1.54) is 19.1 Å². The van der Waals surface area contributed by atoms with E-state index in [0.29, 0.717) is 0 Å². The number of nitrogens with zero attached hydrogens (tertiary/aromatic N) is 2. The summed E-state index contributed by atoms with van der Waals surface area (Å²) in [5, 5.41) is 2.53. The molecule has 0 saturated carbocycles. The molecule has 1 aromatic heterocycles. The maximum absolute atomic E-state index is 14.7. The number of hydrogen-bond acceptors (Lipinski definition) is 6. The summed E-state index contributed by atoms with van der Waals surface area (Å²) in [6.07, 6.45) is -1.80. The van der Waals surface area contributed by atoms with Gasteiger partial charge < -0.3 is 11.1 Å². The van der Waals surface area contributed by atoms with Crippen LogP contribution >= 0.6 is 10.6 Å². The number of amides is 1. The lowest BCUT2D eigenvalue weighted by atomic mass is 9.92. The van der Waals surface area contributed by atoms with Crippen molar-refractivity contribution in [2.45, 2.75) is 37.5 Å². The topological polar surface area (TPSA) is 121 Å². The van der Waals surface area contributed by atoms with Crippen LogP contribution in [0.4, 0.5) is 18.9 Å². The standard InChI is InChI=1S/C20H23F3N4O3S/c1-19(2)18(24)27-20(3,10-31(19,29)30)13-8-12(5-6-14(13)21)26-17(28)15-7-4-11(9-25-15)16(22)23/h4-9,16,29-30H,10H2,1-3H3,(H2,24,27)(H,26,28)/t20-/m0/s1. The number of nitrogens with two attached hydrogens (primary N) is 1. The highest BCUT2D eigenvalue weighted by Crippen LogP contribution is 2.59. The summed E-state index contributed by atoms with van der Waals surface area (Å²) < 4.78 is 60.0. The molecule has 5 N–H and O–H groups in total. The van der Waals surface area contributed by atoms with Crippen LogP contribution in [0, 0.1) is 5.82 Å². The molecule has 0 spiro atoms. The minimum Gasteiger partial charge on any atom is -0.386 e. The van der Waals surface area contributed by atoms with E-state index in [2.05, 4.69) is 15.3 Å². The zero-order valence-corrected chi connectivity index (χ0v) is 17.9. The number of aliphatic imine (C=N–C) groups is 1. The smallest absolute Gasteiger partial charge is 0.274 e. The Bertz CT molecular complexity index is 1040. The van der Waals surface area contributed by atoms with E-state index >= 15 is 0 Å². The largest absolute Gasteiger partial charge is 0.386 e. The number of rotatable bonds is 4. The lowest BCUT2D eigenvalue weighted by molar-refractivity contribution is 0.102. The van der Waals surface area contributed by atoms with Gasteiger partial charge >= 0.3 is 0 Å². The molecule has 1 atom stereocenters. The van der Waals surface area contributed by atoms with Gasteiger partial charge in [-0.25, -0.2) is 13.2 Å². The van der Waals surface area contributed by atoms with Gasteiger partial charge in [0.05, 0.1) is 5.75 Å². The Balaban J connectivity index is 1.92. The van der Waals surface area contributed by atoms with E-state index in [1.807, 2.05) is 0 Å². The van der Waals surface area contributed by atoms with Crippen molar-refractivity contribution in [1.82, 2.24) is 4.98 Å². The van der Waals surface area contributed by atoms with Gasteiger partial charge in [-0.05, 0) is 51.1 Å². The molecular weight excluding hydrogens is 433 g/mol. The van der Waals surface area contributed by atoms with Crippen molar-refractivity contribution in [3.05, 3.63) is 59.2 Å². The van der Waals surface area contributed by atoms with Crippen molar-refractivity contribution in [2.24, 2.45) is 10.7 Å². The van der Waals surface area contributed by atoms with Gasteiger partial charge in [-0.3, -0.25) is 23.9 Å². The molecule has 1 amide bonds. The van der Waals surface area contributed by atoms with E-state index in [-0.39, 0.29) is 34.1 Å². The molecule has 11 heteroatoms. The van der Waals surface area contributed by atoms with E-state index in [0.717, 1.165) is 24.4 Å². The molecule has 1 aliphatic heterocycles. The summed E-state index contributed by atoms with van der Waals surface area (Å²) in [5.74, 6) is -1.61. The van der Waals surface area contributed by atoms with Crippen LogP contribution in [0.2, 0.25) is 0 Å². The van der Waals surface area contributed by atoms with Crippen LogP contribution in [0.1, 0.15) is 48.8 Å². The van der Waals surface area contributed by atoms with Crippen molar-refractivity contribution in [3.8, 4) is 0 Å². The van der Waals surface area contributed by atoms with Gasteiger partial charge in [-0.2, -0.15) is 10.6 Å². The average molecular weight is 456 g/mol. The molecule has 0 unspecified atom stereocenters. The number of carbonyl (C=O) groups excluding carboxylic acids is 1. The second kappa shape index (κ2) is 7.81. The van der Waals surface area contributed by atoms with Crippen LogP contribution in [-0.2, 0) is 5.54 Å². The van der Waals surface area contributed by atoms with Crippen molar-refractivity contribution in [3.63, 3.8) is 0 Å². The van der Waals surface area contributed by atoms with E-state index < -0.39 is 39.0 Å².